The Morgan fingerprint density at radius 2 is 2.00 bits per heavy atom. The molecule has 0 heterocycles. The van der Waals surface area contributed by atoms with Crippen LogP contribution in [0.5, 0.6) is 5.75 Å². The van der Waals surface area contributed by atoms with Gasteiger partial charge in [0.05, 0.1) is 0 Å². The van der Waals surface area contributed by atoms with Crippen LogP contribution >= 0.6 is 0 Å². The lowest BCUT2D eigenvalue weighted by Gasteiger charge is -2.04. The molecule has 0 spiro atoms. The summed E-state index contributed by atoms with van der Waals surface area (Å²) in [6, 6.07) is 7.14. The minimum absolute atomic E-state index is 0.292. The lowest BCUT2D eigenvalue weighted by atomic mass is 10.2. The molecule has 1 aromatic carbocycles. The minimum Gasteiger partial charge on any atom is -0.508 e. The van der Waals surface area contributed by atoms with E-state index >= 15 is 0 Å². The van der Waals surface area contributed by atoms with Crippen molar-refractivity contribution < 1.29 is 9.32 Å². The summed E-state index contributed by atoms with van der Waals surface area (Å²) in [5.74, 6) is 1.04. The average molecular weight is 227 g/mol. The Bertz CT molecular complexity index is 311. The fraction of sp³-hybridized carbons (Fsp3) is 0.455. The van der Waals surface area contributed by atoms with Crippen molar-refractivity contribution >= 4 is 10.8 Å². The van der Waals surface area contributed by atoms with Gasteiger partial charge in [-0.15, -0.1) is 0 Å². The largest absolute Gasteiger partial charge is 0.508 e. The molecule has 0 amide bonds. The standard InChI is InChI=1S/C11H17NO2S/c1-15(14)8-2-7-12-9-10-3-5-11(13)6-4-10/h3-6,12-13H,2,7-9H2,1H3. The molecule has 1 unspecified atom stereocenters. The van der Waals surface area contributed by atoms with Crippen LogP contribution in [0.25, 0.3) is 0 Å². The zero-order valence-corrected chi connectivity index (χ0v) is 9.72. The van der Waals surface area contributed by atoms with Gasteiger partial charge in [-0.1, -0.05) is 12.1 Å². The monoisotopic (exact) mass is 227 g/mol. The number of hydrogen-bond acceptors (Lipinski definition) is 3. The predicted octanol–water partition coefficient (Wildman–Crippen LogP) is 1.25. The molecule has 3 nitrogen and oxygen atoms in total. The Hall–Kier alpha value is -0.870. The van der Waals surface area contributed by atoms with Crippen LogP contribution in [0, 0.1) is 0 Å². The molecular weight excluding hydrogens is 210 g/mol. The molecule has 0 aliphatic heterocycles. The summed E-state index contributed by atoms with van der Waals surface area (Å²) >= 11 is 0. The molecule has 84 valence electrons. The summed E-state index contributed by atoms with van der Waals surface area (Å²) in [7, 11) is -0.690. The van der Waals surface area contributed by atoms with Crippen LogP contribution < -0.4 is 5.32 Å². The minimum atomic E-state index is -0.690. The molecule has 1 atom stereocenters. The molecule has 0 aliphatic carbocycles. The number of phenolic OH excluding ortho intramolecular Hbond substituents is 1. The Balaban J connectivity index is 2.15. The second-order valence-electron chi connectivity index (χ2n) is 3.47. The topological polar surface area (TPSA) is 49.3 Å². The third-order valence-corrected chi connectivity index (χ3v) is 2.91. The van der Waals surface area contributed by atoms with E-state index < -0.39 is 10.8 Å². The quantitative estimate of drug-likeness (QED) is 0.719. The van der Waals surface area contributed by atoms with Gasteiger partial charge in [-0.25, -0.2) is 0 Å². The fourth-order valence-corrected chi connectivity index (χ4v) is 1.80. The number of phenols is 1. The normalized spacial score (nSPS) is 12.6. The summed E-state index contributed by atoms with van der Waals surface area (Å²) < 4.78 is 10.8. The van der Waals surface area contributed by atoms with E-state index in [1.165, 1.54) is 0 Å². The molecule has 0 saturated heterocycles. The third-order valence-electron chi connectivity index (χ3n) is 2.05. The van der Waals surface area contributed by atoms with Crippen molar-refractivity contribution in [2.45, 2.75) is 13.0 Å². The second-order valence-corrected chi connectivity index (χ2v) is 5.03. The highest BCUT2D eigenvalue weighted by Crippen LogP contribution is 2.08. The molecular formula is C11H17NO2S. The second kappa shape index (κ2) is 6.58. The van der Waals surface area contributed by atoms with Crippen LogP contribution in [0.15, 0.2) is 24.3 Å². The number of rotatable bonds is 6. The summed E-state index contributed by atoms with van der Waals surface area (Å²) in [5.41, 5.74) is 1.14. The van der Waals surface area contributed by atoms with Gasteiger partial charge in [-0.3, -0.25) is 4.21 Å². The maximum atomic E-state index is 10.8. The molecule has 0 radical (unpaired) electrons. The van der Waals surface area contributed by atoms with Crippen LogP contribution in [0.4, 0.5) is 0 Å². The summed E-state index contributed by atoms with van der Waals surface area (Å²) in [6.07, 6.45) is 2.65. The van der Waals surface area contributed by atoms with E-state index in [2.05, 4.69) is 5.32 Å². The SMILES string of the molecule is CS(=O)CCCNCc1ccc(O)cc1. The molecule has 0 saturated carbocycles. The van der Waals surface area contributed by atoms with Crippen molar-refractivity contribution in [3.05, 3.63) is 29.8 Å². The number of aromatic hydroxyl groups is 1. The third kappa shape index (κ3) is 5.54. The zero-order valence-electron chi connectivity index (χ0n) is 8.90. The van der Waals surface area contributed by atoms with Gasteiger partial charge < -0.3 is 10.4 Å². The van der Waals surface area contributed by atoms with Crippen molar-refractivity contribution in [2.24, 2.45) is 0 Å². The van der Waals surface area contributed by atoms with Gasteiger partial charge in [0.1, 0.15) is 5.75 Å². The van der Waals surface area contributed by atoms with Gasteiger partial charge >= 0.3 is 0 Å². The summed E-state index contributed by atoms with van der Waals surface area (Å²) in [4.78, 5) is 0. The zero-order chi connectivity index (χ0) is 11.1. The average Bonchev–Trinajstić information content (AvgIpc) is 2.20. The van der Waals surface area contributed by atoms with E-state index in [-0.39, 0.29) is 0 Å². The molecule has 0 aromatic heterocycles. The van der Waals surface area contributed by atoms with E-state index in [1.54, 1.807) is 18.4 Å². The van der Waals surface area contributed by atoms with Crippen LogP contribution in [-0.4, -0.2) is 27.9 Å². The Kier molecular flexibility index (Phi) is 5.36. The molecule has 1 aromatic rings. The van der Waals surface area contributed by atoms with Crippen LogP contribution in [0.2, 0.25) is 0 Å². The van der Waals surface area contributed by atoms with E-state index in [0.717, 1.165) is 30.8 Å². The Morgan fingerprint density at radius 1 is 1.33 bits per heavy atom. The highest BCUT2D eigenvalue weighted by Gasteiger charge is 1.94. The van der Waals surface area contributed by atoms with Crippen LogP contribution in [-0.2, 0) is 17.3 Å². The van der Waals surface area contributed by atoms with E-state index in [0.29, 0.717) is 5.75 Å². The van der Waals surface area contributed by atoms with Crippen molar-refractivity contribution in [3.8, 4) is 5.75 Å². The van der Waals surface area contributed by atoms with Crippen LogP contribution in [0.3, 0.4) is 0 Å². The van der Waals surface area contributed by atoms with Crippen molar-refractivity contribution in [2.75, 3.05) is 18.6 Å². The van der Waals surface area contributed by atoms with Gasteiger partial charge in [0, 0.05) is 29.4 Å². The van der Waals surface area contributed by atoms with Crippen molar-refractivity contribution in [1.29, 1.82) is 0 Å². The predicted molar refractivity (Wildman–Crippen MR) is 63.4 cm³/mol. The first-order chi connectivity index (χ1) is 7.18. The maximum absolute atomic E-state index is 10.8. The van der Waals surface area contributed by atoms with Gasteiger partial charge in [0.15, 0.2) is 0 Å². The van der Waals surface area contributed by atoms with E-state index in [4.69, 9.17) is 5.11 Å². The van der Waals surface area contributed by atoms with Gasteiger partial charge in [0.25, 0.3) is 0 Å². The van der Waals surface area contributed by atoms with E-state index in [9.17, 15) is 4.21 Å². The first-order valence-corrected chi connectivity index (χ1v) is 6.70. The molecule has 15 heavy (non-hydrogen) atoms. The van der Waals surface area contributed by atoms with Crippen molar-refractivity contribution in [3.63, 3.8) is 0 Å². The highest BCUT2D eigenvalue weighted by molar-refractivity contribution is 7.84. The van der Waals surface area contributed by atoms with Gasteiger partial charge in [0.2, 0.25) is 0 Å². The lowest BCUT2D eigenvalue weighted by Crippen LogP contribution is -2.16. The Morgan fingerprint density at radius 3 is 2.60 bits per heavy atom. The summed E-state index contributed by atoms with van der Waals surface area (Å²) in [5, 5.41) is 12.3. The highest BCUT2D eigenvalue weighted by atomic mass is 32.2. The fourth-order valence-electron chi connectivity index (χ4n) is 1.25. The molecule has 0 aliphatic rings. The first kappa shape index (κ1) is 12.2. The smallest absolute Gasteiger partial charge is 0.115 e. The first-order valence-electron chi connectivity index (χ1n) is 4.97. The van der Waals surface area contributed by atoms with Gasteiger partial charge in [-0.2, -0.15) is 0 Å². The molecule has 1 rings (SSSR count). The van der Waals surface area contributed by atoms with E-state index in [1.807, 2.05) is 12.1 Å². The maximum Gasteiger partial charge on any atom is 0.115 e. The molecule has 2 N–H and O–H groups in total. The molecule has 0 fully saturated rings. The number of nitrogens with one attached hydrogen (secondary N) is 1. The summed E-state index contributed by atoms with van der Waals surface area (Å²) in [6.45, 7) is 1.66. The van der Waals surface area contributed by atoms with Gasteiger partial charge in [-0.05, 0) is 30.7 Å². The molecule has 4 heteroatoms. The Labute approximate surface area is 93.0 Å². The lowest BCUT2D eigenvalue weighted by molar-refractivity contribution is 0.475. The van der Waals surface area contributed by atoms with Crippen molar-refractivity contribution in [1.82, 2.24) is 5.32 Å². The number of benzene rings is 1. The van der Waals surface area contributed by atoms with Crippen LogP contribution in [0.1, 0.15) is 12.0 Å². The molecule has 0 bridgehead atoms. The number of hydrogen-bond donors (Lipinski definition) is 2.